The first-order chi connectivity index (χ1) is 21.6. The molecular weight excluding hydrogens is 704 g/mol. The van der Waals surface area contributed by atoms with E-state index in [1.807, 2.05) is 0 Å². The molecule has 0 fully saturated rings. The second kappa shape index (κ2) is 13.1. The summed E-state index contributed by atoms with van der Waals surface area (Å²) in [5.74, 6) is 0. The fraction of sp³-hybridized carbons (Fsp3) is 0.0769. The lowest BCUT2D eigenvalue weighted by molar-refractivity contribution is 0.977. The molecule has 6 aromatic rings. The van der Waals surface area contributed by atoms with Crippen molar-refractivity contribution in [1.29, 1.82) is 0 Å². The fourth-order valence-corrected chi connectivity index (χ4v) is 12.8. The molecule has 0 saturated heterocycles. The minimum atomic E-state index is -0.799. The molecule has 0 spiro atoms. The lowest BCUT2D eigenvalue weighted by atomic mass is 10.0. The number of rotatable bonds is 6. The zero-order valence-electron chi connectivity index (χ0n) is 24.4. The van der Waals surface area contributed by atoms with E-state index in [1.165, 1.54) is 54.3 Å². The Morgan fingerprint density at radius 1 is 0.455 bits per heavy atom. The van der Waals surface area contributed by atoms with Crippen LogP contribution in [0.3, 0.4) is 0 Å². The van der Waals surface area contributed by atoms with Crippen molar-refractivity contribution in [3.63, 3.8) is 0 Å². The van der Waals surface area contributed by atoms with E-state index in [2.05, 4.69) is 189 Å². The average molecular weight is 735 g/mol. The van der Waals surface area contributed by atoms with Gasteiger partial charge in [0, 0.05) is 26.6 Å². The Balaban J connectivity index is 1.49. The van der Waals surface area contributed by atoms with Crippen molar-refractivity contribution >= 4 is 90.9 Å². The molecule has 1 aliphatic heterocycles. The molecule has 1 nitrogen and oxygen atoms in total. The fourth-order valence-electron chi connectivity index (χ4n) is 6.32. The first-order valence-corrected chi connectivity index (χ1v) is 19.0. The van der Waals surface area contributed by atoms with Gasteiger partial charge in [-0.25, -0.2) is 0 Å². The van der Waals surface area contributed by atoms with Gasteiger partial charge in [0.15, 0.2) is 0 Å². The summed E-state index contributed by atoms with van der Waals surface area (Å²) in [6.45, 7) is 0. The maximum Gasteiger partial charge on any atom is 0.0526 e. The molecule has 44 heavy (non-hydrogen) atoms. The highest BCUT2D eigenvalue weighted by molar-refractivity contribution is 9.10. The Bertz CT molecular complexity index is 1680. The van der Waals surface area contributed by atoms with Crippen LogP contribution in [-0.4, -0.2) is 7.05 Å². The third kappa shape index (κ3) is 5.84. The van der Waals surface area contributed by atoms with Crippen molar-refractivity contribution in [2.45, 2.75) is 12.8 Å². The Kier molecular flexibility index (Phi) is 8.84. The van der Waals surface area contributed by atoms with Crippen LogP contribution >= 0.6 is 47.7 Å². The SMILES string of the molecule is CN1c2c(cc(Br)cc2P(c2ccccc2)c2ccccc2)CCc2cc(Br)cc(P(c3ccccc3)c3ccccc3)c21. The molecule has 216 valence electrons. The Morgan fingerprint density at radius 2 is 0.750 bits per heavy atom. The van der Waals surface area contributed by atoms with Crippen molar-refractivity contribution in [2.24, 2.45) is 0 Å². The number of fused-ring (bicyclic) bond motifs is 2. The maximum absolute atomic E-state index is 3.93. The molecule has 0 aromatic heterocycles. The quantitative estimate of drug-likeness (QED) is 0.155. The van der Waals surface area contributed by atoms with Gasteiger partial charge in [-0.05, 0) is 85.3 Å². The molecule has 0 radical (unpaired) electrons. The van der Waals surface area contributed by atoms with Crippen molar-refractivity contribution in [1.82, 2.24) is 0 Å². The van der Waals surface area contributed by atoms with Crippen molar-refractivity contribution < 1.29 is 0 Å². The highest BCUT2D eigenvalue weighted by atomic mass is 79.9. The van der Waals surface area contributed by atoms with Gasteiger partial charge in [-0.2, -0.15) is 0 Å². The van der Waals surface area contributed by atoms with E-state index in [-0.39, 0.29) is 0 Å². The number of anilines is 2. The van der Waals surface area contributed by atoms with Crippen LogP contribution in [0.4, 0.5) is 11.4 Å². The molecule has 0 saturated carbocycles. The molecule has 0 atom stereocenters. The minimum Gasteiger partial charge on any atom is -0.343 e. The van der Waals surface area contributed by atoms with Gasteiger partial charge in [-0.15, -0.1) is 0 Å². The Labute approximate surface area is 279 Å². The molecule has 0 aliphatic carbocycles. The molecular formula is C39H31Br2NP2. The molecule has 6 aromatic carbocycles. The number of benzene rings is 6. The number of hydrogen-bond donors (Lipinski definition) is 0. The lowest BCUT2D eigenvalue weighted by Crippen LogP contribution is -2.30. The summed E-state index contributed by atoms with van der Waals surface area (Å²) in [4.78, 5) is 2.53. The van der Waals surface area contributed by atoms with Crippen LogP contribution in [0.2, 0.25) is 0 Å². The standard InChI is InChI=1S/C39H31Br2NP2/c1-42-38-28(24-30(40)26-36(38)43(32-14-6-2-7-15-32)33-16-8-3-9-17-33)22-23-29-25-31(41)27-37(39(29)42)44(34-18-10-4-11-19-34)35-20-12-5-13-21-35/h2-21,24-27H,22-23H2,1H3. The Morgan fingerprint density at radius 3 is 1.05 bits per heavy atom. The average Bonchev–Trinajstić information content (AvgIpc) is 3.19. The third-order valence-electron chi connectivity index (χ3n) is 8.14. The van der Waals surface area contributed by atoms with Crippen LogP contribution in [0, 0.1) is 0 Å². The minimum absolute atomic E-state index is 0.799. The van der Waals surface area contributed by atoms with Crippen LogP contribution in [-0.2, 0) is 12.8 Å². The van der Waals surface area contributed by atoms with Gasteiger partial charge in [-0.1, -0.05) is 153 Å². The predicted molar refractivity (Wildman–Crippen MR) is 201 cm³/mol. The van der Waals surface area contributed by atoms with E-state index < -0.39 is 15.8 Å². The molecule has 0 unspecified atom stereocenters. The van der Waals surface area contributed by atoms with Crippen LogP contribution in [0.1, 0.15) is 11.1 Å². The first kappa shape index (κ1) is 29.6. The van der Waals surface area contributed by atoms with E-state index in [0.29, 0.717) is 0 Å². The molecule has 0 bridgehead atoms. The summed E-state index contributed by atoms with van der Waals surface area (Å²) in [6, 6.07) is 53.6. The summed E-state index contributed by atoms with van der Waals surface area (Å²) in [5.41, 5.74) is 5.45. The highest BCUT2D eigenvalue weighted by Crippen LogP contribution is 2.46. The normalized spacial score (nSPS) is 12.6. The van der Waals surface area contributed by atoms with Crippen molar-refractivity contribution in [2.75, 3.05) is 11.9 Å². The second-order valence-electron chi connectivity index (χ2n) is 10.9. The number of hydrogen-bond acceptors (Lipinski definition) is 1. The van der Waals surface area contributed by atoms with E-state index in [9.17, 15) is 0 Å². The van der Waals surface area contributed by atoms with Crippen LogP contribution in [0.5, 0.6) is 0 Å². The molecule has 7 rings (SSSR count). The second-order valence-corrected chi connectivity index (χ2v) is 17.1. The lowest BCUT2D eigenvalue weighted by Gasteiger charge is -2.33. The van der Waals surface area contributed by atoms with E-state index >= 15 is 0 Å². The predicted octanol–water partition coefficient (Wildman–Crippen LogP) is 8.59. The van der Waals surface area contributed by atoms with Crippen molar-refractivity contribution in [3.05, 3.63) is 166 Å². The van der Waals surface area contributed by atoms with Gasteiger partial charge >= 0.3 is 0 Å². The summed E-state index contributed by atoms with van der Waals surface area (Å²) in [7, 11) is 0.698. The van der Waals surface area contributed by atoms with E-state index in [1.54, 1.807) is 0 Å². The van der Waals surface area contributed by atoms with Crippen LogP contribution in [0.25, 0.3) is 0 Å². The van der Waals surface area contributed by atoms with E-state index in [4.69, 9.17) is 0 Å². The zero-order chi connectivity index (χ0) is 30.0. The zero-order valence-corrected chi connectivity index (χ0v) is 29.3. The molecule has 5 heteroatoms. The monoisotopic (exact) mass is 733 g/mol. The summed E-state index contributed by atoms with van der Waals surface area (Å²) >= 11 is 7.87. The number of nitrogens with zero attached hydrogens (tertiary/aromatic N) is 1. The molecule has 0 amide bonds. The van der Waals surface area contributed by atoms with Gasteiger partial charge in [0.25, 0.3) is 0 Å². The van der Waals surface area contributed by atoms with Gasteiger partial charge < -0.3 is 4.90 Å². The van der Waals surface area contributed by atoms with Crippen LogP contribution in [0.15, 0.2) is 155 Å². The topological polar surface area (TPSA) is 3.24 Å². The maximum atomic E-state index is 3.93. The van der Waals surface area contributed by atoms with Gasteiger partial charge in [0.2, 0.25) is 0 Å². The third-order valence-corrected chi connectivity index (χ3v) is 14.0. The Hall–Kier alpha value is -3.06. The first-order valence-electron chi connectivity index (χ1n) is 14.8. The molecule has 0 N–H and O–H groups in total. The number of halogens is 2. The van der Waals surface area contributed by atoms with E-state index in [0.717, 1.165) is 21.8 Å². The highest BCUT2D eigenvalue weighted by Gasteiger charge is 2.31. The molecule has 1 heterocycles. The number of aryl methyl sites for hydroxylation is 2. The van der Waals surface area contributed by atoms with Gasteiger partial charge in [-0.3, -0.25) is 0 Å². The van der Waals surface area contributed by atoms with Crippen molar-refractivity contribution in [3.8, 4) is 0 Å². The smallest absolute Gasteiger partial charge is 0.0526 e. The van der Waals surface area contributed by atoms with Gasteiger partial charge in [0.1, 0.15) is 0 Å². The largest absolute Gasteiger partial charge is 0.343 e. The summed E-state index contributed by atoms with van der Waals surface area (Å²) in [6.07, 6.45) is 1.96. The summed E-state index contributed by atoms with van der Waals surface area (Å²) < 4.78 is 2.28. The molecule has 1 aliphatic rings. The summed E-state index contributed by atoms with van der Waals surface area (Å²) in [5, 5.41) is 8.21. The van der Waals surface area contributed by atoms with Gasteiger partial charge in [0.05, 0.1) is 11.4 Å². The van der Waals surface area contributed by atoms with Crippen LogP contribution < -0.4 is 36.7 Å².